The third-order valence-electron chi connectivity index (χ3n) is 3.06. The summed E-state index contributed by atoms with van der Waals surface area (Å²) in [5, 5.41) is 11.8. The second-order valence-corrected chi connectivity index (χ2v) is 4.98. The van der Waals surface area contributed by atoms with Crippen LogP contribution in [0.15, 0.2) is 28.7 Å². The van der Waals surface area contributed by atoms with Gasteiger partial charge < -0.3 is 19.6 Å². The molecule has 2 rings (SSSR count). The predicted octanol–water partition coefficient (Wildman–Crippen LogP) is 2.99. The van der Waals surface area contributed by atoms with Crippen LogP contribution in [0.5, 0.6) is 0 Å². The Morgan fingerprint density at radius 3 is 2.50 bits per heavy atom. The van der Waals surface area contributed by atoms with Gasteiger partial charge in [-0.05, 0) is 43.7 Å². The Kier molecular flexibility index (Phi) is 4.62. The van der Waals surface area contributed by atoms with Gasteiger partial charge in [-0.2, -0.15) is 0 Å². The van der Waals surface area contributed by atoms with E-state index in [9.17, 15) is 9.59 Å². The maximum atomic E-state index is 12.2. The van der Waals surface area contributed by atoms with Crippen molar-refractivity contribution >= 4 is 17.6 Å². The summed E-state index contributed by atoms with van der Waals surface area (Å²) in [6.07, 6.45) is 0. The topological polar surface area (TPSA) is 88.8 Å². The largest absolute Gasteiger partial charge is 0.478 e. The molecule has 2 N–H and O–H groups in total. The van der Waals surface area contributed by atoms with Crippen LogP contribution in [0, 0.1) is 13.8 Å². The number of carboxylic acids is 1. The quantitative estimate of drug-likeness (QED) is 0.886. The molecule has 6 nitrogen and oxygen atoms in total. The second-order valence-electron chi connectivity index (χ2n) is 4.98. The van der Waals surface area contributed by atoms with Crippen LogP contribution in [0.4, 0.5) is 5.69 Å². The highest BCUT2D eigenvalue weighted by atomic mass is 16.5. The van der Waals surface area contributed by atoms with Crippen molar-refractivity contribution in [2.24, 2.45) is 0 Å². The van der Waals surface area contributed by atoms with Gasteiger partial charge in [-0.25, -0.2) is 4.79 Å². The molecule has 0 saturated heterocycles. The minimum Gasteiger partial charge on any atom is -0.478 e. The Bertz CT molecular complexity index is 717. The standard InChI is InChI=1S/C16H17NO5/c1-9-4-10(2)22-14(9)15(18)17-13-6-11(8-21-3)5-12(7-13)16(19)20/h4-7H,8H2,1-3H3,(H,17,18)(H,19,20). The highest BCUT2D eigenvalue weighted by Gasteiger charge is 2.16. The number of aromatic carboxylic acids is 1. The lowest BCUT2D eigenvalue weighted by atomic mass is 10.1. The monoisotopic (exact) mass is 303 g/mol. The van der Waals surface area contributed by atoms with Gasteiger partial charge in [0.15, 0.2) is 5.76 Å². The second kappa shape index (κ2) is 6.44. The molecular weight excluding hydrogens is 286 g/mol. The van der Waals surface area contributed by atoms with Crippen LogP contribution in [0.25, 0.3) is 0 Å². The molecule has 0 radical (unpaired) electrons. The average Bonchev–Trinajstić information content (AvgIpc) is 2.78. The van der Waals surface area contributed by atoms with Gasteiger partial charge in [0, 0.05) is 18.4 Å². The lowest BCUT2D eigenvalue weighted by Crippen LogP contribution is -2.13. The number of benzene rings is 1. The lowest BCUT2D eigenvalue weighted by Gasteiger charge is -2.08. The van der Waals surface area contributed by atoms with Crippen LogP contribution in [0.3, 0.4) is 0 Å². The number of aryl methyl sites for hydroxylation is 2. The molecule has 22 heavy (non-hydrogen) atoms. The van der Waals surface area contributed by atoms with E-state index in [2.05, 4.69) is 5.32 Å². The predicted molar refractivity (Wildman–Crippen MR) is 80.2 cm³/mol. The van der Waals surface area contributed by atoms with E-state index in [1.165, 1.54) is 19.2 Å². The van der Waals surface area contributed by atoms with Crippen molar-refractivity contribution in [3.05, 3.63) is 52.5 Å². The molecule has 0 unspecified atom stereocenters. The number of carboxylic acid groups (broad SMARTS) is 1. The van der Waals surface area contributed by atoms with E-state index in [-0.39, 0.29) is 17.9 Å². The fraction of sp³-hybridized carbons (Fsp3) is 0.250. The van der Waals surface area contributed by atoms with E-state index >= 15 is 0 Å². The van der Waals surface area contributed by atoms with Crippen molar-refractivity contribution < 1.29 is 23.8 Å². The molecule has 1 amide bonds. The van der Waals surface area contributed by atoms with Gasteiger partial charge in [0.05, 0.1) is 12.2 Å². The number of amides is 1. The third kappa shape index (κ3) is 3.53. The van der Waals surface area contributed by atoms with Crippen LogP contribution in [-0.2, 0) is 11.3 Å². The number of furan rings is 1. The van der Waals surface area contributed by atoms with Crippen molar-refractivity contribution in [1.29, 1.82) is 0 Å². The van der Waals surface area contributed by atoms with E-state index in [1.54, 1.807) is 26.0 Å². The Hall–Kier alpha value is -2.60. The Balaban J connectivity index is 2.30. The van der Waals surface area contributed by atoms with Crippen molar-refractivity contribution in [3.8, 4) is 0 Å². The van der Waals surface area contributed by atoms with Gasteiger partial charge in [-0.3, -0.25) is 4.79 Å². The fourth-order valence-electron chi connectivity index (χ4n) is 2.19. The normalized spacial score (nSPS) is 10.5. The van der Waals surface area contributed by atoms with E-state index in [0.717, 1.165) is 5.56 Å². The Morgan fingerprint density at radius 1 is 1.23 bits per heavy atom. The lowest BCUT2D eigenvalue weighted by molar-refractivity contribution is 0.0696. The minimum atomic E-state index is -1.07. The number of hydrogen-bond acceptors (Lipinski definition) is 4. The van der Waals surface area contributed by atoms with Crippen LogP contribution in [0.2, 0.25) is 0 Å². The summed E-state index contributed by atoms with van der Waals surface area (Å²) in [7, 11) is 1.51. The van der Waals surface area contributed by atoms with Crippen molar-refractivity contribution in [1.82, 2.24) is 0 Å². The Labute approximate surface area is 127 Å². The summed E-state index contributed by atoms with van der Waals surface area (Å²) >= 11 is 0. The smallest absolute Gasteiger partial charge is 0.335 e. The van der Waals surface area contributed by atoms with Crippen LogP contribution >= 0.6 is 0 Å². The number of carbonyl (C=O) groups excluding carboxylic acids is 1. The molecular formula is C16H17NO5. The van der Waals surface area contributed by atoms with E-state index in [1.807, 2.05) is 0 Å². The zero-order valence-electron chi connectivity index (χ0n) is 12.6. The summed E-state index contributed by atoms with van der Waals surface area (Å²) < 4.78 is 10.4. The molecule has 2 aromatic rings. The van der Waals surface area contributed by atoms with E-state index < -0.39 is 11.9 Å². The van der Waals surface area contributed by atoms with Crippen molar-refractivity contribution in [3.63, 3.8) is 0 Å². The first-order valence-corrected chi connectivity index (χ1v) is 6.65. The molecule has 0 aliphatic heterocycles. The first-order chi connectivity index (χ1) is 10.4. The molecule has 1 aromatic heterocycles. The molecule has 1 heterocycles. The fourth-order valence-corrected chi connectivity index (χ4v) is 2.19. The zero-order chi connectivity index (χ0) is 16.3. The minimum absolute atomic E-state index is 0.0807. The summed E-state index contributed by atoms with van der Waals surface area (Å²) in [4.78, 5) is 23.4. The summed E-state index contributed by atoms with van der Waals surface area (Å²) in [5.74, 6) is -0.636. The van der Waals surface area contributed by atoms with Gasteiger partial charge >= 0.3 is 5.97 Å². The molecule has 0 saturated carbocycles. The molecule has 0 aliphatic carbocycles. The first kappa shape index (κ1) is 15.8. The summed E-state index contributed by atoms with van der Waals surface area (Å²) in [6, 6.07) is 6.33. The number of carbonyl (C=O) groups is 2. The average molecular weight is 303 g/mol. The van der Waals surface area contributed by atoms with Gasteiger partial charge in [-0.1, -0.05) is 0 Å². The van der Waals surface area contributed by atoms with E-state index in [0.29, 0.717) is 17.0 Å². The summed E-state index contributed by atoms with van der Waals surface area (Å²) in [5.41, 5.74) is 1.84. The summed E-state index contributed by atoms with van der Waals surface area (Å²) in [6.45, 7) is 3.78. The number of ether oxygens (including phenoxy) is 1. The van der Waals surface area contributed by atoms with Gasteiger partial charge in [0.1, 0.15) is 5.76 Å². The van der Waals surface area contributed by atoms with Crippen molar-refractivity contribution in [2.45, 2.75) is 20.5 Å². The number of nitrogens with one attached hydrogen (secondary N) is 1. The third-order valence-corrected chi connectivity index (χ3v) is 3.06. The van der Waals surface area contributed by atoms with Crippen molar-refractivity contribution in [2.75, 3.05) is 12.4 Å². The Morgan fingerprint density at radius 2 is 1.95 bits per heavy atom. The van der Waals surface area contributed by atoms with Crippen LogP contribution < -0.4 is 5.32 Å². The van der Waals surface area contributed by atoms with Crippen LogP contribution in [-0.4, -0.2) is 24.1 Å². The number of hydrogen-bond donors (Lipinski definition) is 2. The zero-order valence-corrected chi connectivity index (χ0v) is 12.6. The molecule has 116 valence electrons. The number of anilines is 1. The van der Waals surface area contributed by atoms with E-state index in [4.69, 9.17) is 14.3 Å². The van der Waals surface area contributed by atoms with Gasteiger partial charge in [-0.15, -0.1) is 0 Å². The maximum absolute atomic E-state index is 12.2. The molecule has 0 spiro atoms. The molecule has 0 bridgehead atoms. The number of methoxy groups -OCH3 is 1. The molecule has 6 heteroatoms. The first-order valence-electron chi connectivity index (χ1n) is 6.65. The molecule has 0 aliphatic rings. The van der Waals surface area contributed by atoms with Gasteiger partial charge in [0.2, 0.25) is 0 Å². The molecule has 1 aromatic carbocycles. The molecule has 0 atom stereocenters. The van der Waals surface area contributed by atoms with Gasteiger partial charge in [0.25, 0.3) is 5.91 Å². The molecule has 0 fully saturated rings. The highest BCUT2D eigenvalue weighted by Crippen LogP contribution is 2.19. The van der Waals surface area contributed by atoms with Crippen LogP contribution in [0.1, 0.15) is 37.8 Å². The maximum Gasteiger partial charge on any atom is 0.335 e. The highest BCUT2D eigenvalue weighted by molar-refractivity contribution is 6.04. The number of rotatable bonds is 5. The SMILES string of the molecule is COCc1cc(NC(=O)c2oc(C)cc2C)cc(C(=O)O)c1.